The SMILES string of the molecule is C#CC(C)N[C@H](C)c1ccccc1Cl. The second kappa shape index (κ2) is 5.05. The Labute approximate surface area is 90.5 Å². The van der Waals surface area contributed by atoms with Crippen LogP contribution >= 0.6 is 11.6 Å². The molecule has 0 aromatic heterocycles. The van der Waals surface area contributed by atoms with E-state index in [1.807, 2.05) is 31.2 Å². The van der Waals surface area contributed by atoms with Crippen LogP contribution in [0.25, 0.3) is 0 Å². The summed E-state index contributed by atoms with van der Waals surface area (Å²) in [7, 11) is 0. The zero-order chi connectivity index (χ0) is 10.6. The molecule has 0 radical (unpaired) electrons. The van der Waals surface area contributed by atoms with E-state index in [1.165, 1.54) is 0 Å². The Kier molecular flexibility index (Phi) is 4.00. The molecule has 0 heterocycles. The lowest BCUT2D eigenvalue weighted by molar-refractivity contribution is 0.546. The van der Waals surface area contributed by atoms with E-state index in [0.29, 0.717) is 0 Å². The Hall–Kier alpha value is -0.970. The van der Waals surface area contributed by atoms with Crippen molar-refractivity contribution in [3.8, 4) is 12.3 Å². The predicted molar refractivity (Wildman–Crippen MR) is 61.3 cm³/mol. The predicted octanol–water partition coefficient (Wildman–Crippen LogP) is 3.01. The fourth-order valence-corrected chi connectivity index (χ4v) is 1.64. The van der Waals surface area contributed by atoms with Crippen molar-refractivity contribution in [3.63, 3.8) is 0 Å². The topological polar surface area (TPSA) is 12.0 Å². The highest BCUT2D eigenvalue weighted by Gasteiger charge is 2.09. The van der Waals surface area contributed by atoms with Gasteiger partial charge in [0.25, 0.3) is 0 Å². The second-order valence-corrected chi connectivity index (χ2v) is 3.71. The Balaban J connectivity index is 2.75. The number of hydrogen-bond donors (Lipinski definition) is 1. The Morgan fingerprint density at radius 2 is 2.00 bits per heavy atom. The molecule has 0 saturated heterocycles. The molecule has 1 nitrogen and oxygen atoms in total. The number of rotatable bonds is 3. The quantitative estimate of drug-likeness (QED) is 0.752. The molecule has 1 aromatic rings. The average Bonchev–Trinajstić information content (AvgIpc) is 2.18. The highest BCUT2D eigenvalue weighted by molar-refractivity contribution is 6.31. The number of benzene rings is 1. The monoisotopic (exact) mass is 207 g/mol. The van der Waals surface area contributed by atoms with Gasteiger partial charge in [-0.05, 0) is 25.5 Å². The molecule has 14 heavy (non-hydrogen) atoms. The summed E-state index contributed by atoms with van der Waals surface area (Å²) >= 11 is 6.05. The van der Waals surface area contributed by atoms with E-state index in [9.17, 15) is 0 Å². The van der Waals surface area contributed by atoms with Crippen LogP contribution in [0.1, 0.15) is 25.5 Å². The Bertz CT molecular complexity index is 340. The molecule has 74 valence electrons. The van der Waals surface area contributed by atoms with E-state index in [1.54, 1.807) is 0 Å². The van der Waals surface area contributed by atoms with Crippen molar-refractivity contribution in [3.05, 3.63) is 34.9 Å². The van der Waals surface area contributed by atoms with E-state index in [2.05, 4.69) is 18.2 Å². The third-order valence-corrected chi connectivity index (χ3v) is 2.47. The summed E-state index contributed by atoms with van der Waals surface area (Å²) in [5, 5.41) is 4.04. The van der Waals surface area contributed by atoms with Gasteiger partial charge in [0.1, 0.15) is 0 Å². The summed E-state index contributed by atoms with van der Waals surface area (Å²) in [6.45, 7) is 4.00. The molecule has 1 aromatic carbocycles. The highest BCUT2D eigenvalue weighted by atomic mass is 35.5. The maximum atomic E-state index is 6.05. The normalized spacial score (nSPS) is 14.4. The first-order chi connectivity index (χ1) is 6.65. The van der Waals surface area contributed by atoms with Gasteiger partial charge in [0.15, 0.2) is 0 Å². The van der Waals surface area contributed by atoms with Crippen molar-refractivity contribution in [2.75, 3.05) is 0 Å². The molecule has 0 aliphatic carbocycles. The summed E-state index contributed by atoms with van der Waals surface area (Å²) < 4.78 is 0. The third kappa shape index (κ3) is 2.77. The molecule has 1 N–H and O–H groups in total. The fourth-order valence-electron chi connectivity index (χ4n) is 1.34. The number of halogens is 1. The summed E-state index contributed by atoms with van der Waals surface area (Å²) in [6, 6.07) is 8.01. The van der Waals surface area contributed by atoms with Gasteiger partial charge in [0.05, 0.1) is 6.04 Å². The molecule has 0 aliphatic rings. The van der Waals surface area contributed by atoms with Crippen LogP contribution in [-0.2, 0) is 0 Å². The molecule has 2 heteroatoms. The fraction of sp³-hybridized carbons (Fsp3) is 0.333. The lowest BCUT2D eigenvalue weighted by atomic mass is 10.1. The van der Waals surface area contributed by atoms with Crippen LogP contribution in [-0.4, -0.2) is 6.04 Å². The maximum absolute atomic E-state index is 6.05. The molecule has 1 rings (SSSR count). The van der Waals surface area contributed by atoms with Gasteiger partial charge in [0, 0.05) is 11.1 Å². The van der Waals surface area contributed by atoms with E-state index < -0.39 is 0 Å². The van der Waals surface area contributed by atoms with E-state index in [0.717, 1.165) is 10.6 Å². The second-order valence-electron chi connectivity index (χ2n) is 3.30. The number of hydrogen-bond acceptors (Lipinski definition) is 1. The van der Waals surface area contributed by atoms with Gasteiger partial charge in [0.2, 0.25) is 0 Å². The lowest BCUT2D eigenvalue weighted by Crippen LogP contribution is -2.27. The third-order valence-electron chi connectivity index (χ3n) is 2.12. The lowest BCUT2D eigenvalue weighted by Gasteiger charge is -2.17. The minimum Gasteiger partial charge on any atom is -0.297 e. The highest BCUT2D eigenvalue weighted by Crippen LogP contribution is 2.22. The van der Waals surface area contributed by atoms with Gasteiger partial charge in [-0.1, -0.05) is 35.7 Å². The van der Waals surface area contributed by atoms with Gasteiger partial charge in [-0.15, -0.1) is 6.42 Å². The minimum absolute atomic E-state index is 0.0567. The largest absolute Gasteiger partial charge is 0.297 e. The Morgan fingerprint density at radius 3 is 2.57 bits per heavy atom. The minimum atomic E-state index is 0.0567. The van der Waals surface area contributed by atoms with Crippen LogP contribution < -0.4 is 5.32 Å². The van der Waals surface area contributed by atoms with Crippen molar-refractivity contribution >= 4 is 11.6 Å². The Morgan fingerprint density at radius 1 is 1.36 bits per heavy atom. The van der Waals surface area contributed by atoms with E-state index in [-0.39, 0.29) is 12.1 Å². The van der Waals surface area contributed by atoms with Crippen molar-refractivity contribution in [2.45, 2.75) is 25.9 Å². The van der Waals surface area contributed by atoms with Gasteiger partial charge >= 0.3 is 0 Å². The van der Waals surface area contributed by atoms with Crippen LogP contribution in [0.5, 0.6) is 0 Å². The van der Waals surface area contributed by atoms with E-state index >= 15 is 0 Å². The van der Waals surface area contributed by atoms with Gasteiger partial charge in [-0.25, -0.2) is 0 Å². The van der Waals surface area contributed by atoms with Crippen molar-refractivity contribution < 1.29 is 0 Å². The molecular formula is C12H14ClN. The summed E-state index contributed by atoms with van der Waals surface area (Å²) in [4.78, 5) is 0. The van der Waals surface area contributed by atoms with Crippen LogP contribution in [0.3, 0.4) is 0 Å². The molecule has 0 saturated carbocycles. The van der Waals surface area contributed by atoms with Gasteiger partial charge < -0.3 is 0 Å². The van der Waals surface area contributed by atoms with Gasteiger partial charge in [-0.3, -0.25) is 5.32 Å². The smallest absolute Gasteiger partial charge is 0.0662 e. The molecule has 2 atom stereocenters. The molecule has 0 bridgehead atoms. The maximum Gasteiger partial charge on any atom is 0.0662 e. The van der Waals surface area contributed by atoms with Crippen molar-refractivity contribution in [2.24, 2.45) is 0 Å². The number of nitrogens with one attached hydrogen (secondary N) is 1. The van der Waals surface area contributed by atoms with Gasteiger partial charge in [-0.2, -0.15) is 0 Å². The zero-order valence-electron chi connectivity index (χ0n) is 8.42. The van der Waals surface area contributed by atoms with Crippen LogP contribution in [0.2, 0.25) is 5.02 Å². The van der Waals surface area contributed by atoms with Crippen molar-refractivity contribution in [1.29, 1.82) is 0 Å². The summed E-state index contributed by atoms with van der Waals surface area (Å²) in [6.07, 6.45) is 5.29. The molecule has 0 aliphatic heterocycles. The molecule has 0 amide bonds. The average molecular weight is 208 g/mol. The zero-order valence-corrected chi connectivity index (χ0v) is 9.18. The summed E-state index contributed by atoms with van der Waals surface area (Å²) in [5.41, 5.74) is 1.08. The first-order valence-corrected chi connectivity index (χ1v) is 4.99. The summed E-state index contributed by atoms with van der Waals surface area (Å²) in [5.74, 6) is 2.63. The van der Waals surface area contributed by atoms with Crippen LogP contribution in [0, 0.1) is 12.3 Å². The number of terminal acetylenes is 1. The molecular weight excluding hydrogens is 194 g/mol. The van der Waals surface area contributed by atoms with Crippen LogP contribution in [0.15, 0.2) is 24.3 Å². The standard InChI is InChI=1S/C12H14ClN/c1-4-9(2)14-10(3)11-7-5-6-8-12(11)13/h1,5-10,14H,2-3H3/t9?,10-/m1/s1. The first-order valence-electron chi connectivity index (χ1n) is 4.61. The molecule has 0 spiro atoms. The van der Waals surface area contributed by atoms with E-state index in [4.69, 9.17) is 18.0 Å². The molecule has 1 unspecified atom stereocenters. The first kappa shape index (κ1) is 11.1. The van der Waals surface area contributed by atoms with Crippen molar-refractivity contribution in [1.82, 2.24) is 5.32 Å². The van der Waals surface area contributed by atoms with Crippen LogP contribution in [0.4, 0.5) is 0 Å². The molecule has 0 fully saturated rings.